The molecule has 0 heterocycles. The van der Waals surface area contributed by atoms with Crippen LogP contribution < -0.4 is 0 Å². The first-order valence-electron chi connectivity index (χ1n) is 4.13. The van der Waals surface area contributed by atoms with E-state index in [1.54, 1.807) is 0 Å². The summed E-state index contributed by atoms with van der Waals surface area (Å²) in [6.45, 7) is -4.78. The molecule has 2 nitrogen and oxygen atoms in total. The van der Waals surface area contributed by atoms with Gasteiger partial charge in [0.05, 0.1) is 12.5 Å². The van der Waals surface area contributed by atoms with E-state index in [4.69, 9.17) is 0 Å². The fourth-order valence-corrected chi connectivity index (χ4v) is 2.65. The van der Waals surface area contributed by atoms with Crippen molar-refractivity contribution in [2.75, 3.05) is 7.11 Å². The molecule has 7 heteroatoms. The van der Waals surface area contributed by atoms with Crippen LogP contribution in [-0.4, -0.2) is 71.4 Å². The van der Waals surface area contributed by atoms with Gasteiger partial charge in [-0.25, -0.2) is 0 Å². The molecule has 3 fully saturated rings. The van der Waals surface area contributed by atoms with Gasteiger partial charge in [-0.2, -0.15) is 0 Å². The minimum atomic E-state index is -4.78. The van der Waals surface area contributed by atoms with Gasteiger partial charge in [-0.3, -0.25) is 4.79 Å². The van der Waals surface area contributed by atoms with Crippen molar-refractivity contribution < 1.29 is 22.5 Å². The van der Waals surface area contributed by atoms with Crippen LogP contribution in [-0.2, 0) is 9.53 Å². The maximum absolute atomic E-state index is 12.4. The zero-order valence-electron chi connectivity index (χ0n) is 8.15. The Labute approximate surface area is 122 Å². The molecule has 14 heavy (non-hydrogen) atoms. The number of halogens is 3. The van der Waals surface area contributed by atoms with Crippen molar-refractivity contribution in [2.45, 2.75) is 24.6 Å². The Bertz CT molecular complexity index is 259. The molecule has 0 amide bonds. The Kier molecular flexibility index (Phi) is 3.24. The van der Waals surface area contributed by atoms with E-state index in [1.165, 1.54) is 7.11 Å². The summed E-state index contributed by atoms with van der Waals surface area (Å²) < 4.78 is 41.6. The van der Waals surface area contributed by atoms with Crippen LogP contribution in [0.5, 0.6) is 0 Å². The van der Waals surface area contributed by atoms with Gasteiger partial charge in [-0.15, -0.1) is 0 Å². The quantitative estimate of drug-likeness (QED) is 0.533. The van der Waals surface area contributed by atoms with E-state index in [2.05, 4.69) is 4.74 Å². The number of methoxy groups -OCH3 is 1. The van der Waals surface area contributed by atoms with Gasteiger partial charge in [0.2, 0.25) is 0 Å². The smallest absolute Gasteiger partial charge is 0.469 e. The number of carbonyl (C=O) groups excluding carboxylic acids is 1. The third-order valence-electron chi connectivity index (χ3n) is 3.38. The SMILES string of the molecule is COC(=O)C12CC([B-](F)(F)F)(C1)C2.[K]. The first kappa shape index (κ1) is 13.0. The molecule has 0 atom stereocenters. The summed E-state index contributed by atoms with van der Waals surface area (Å²) in [4.78, 5) is 11.0. The molecule has 0 aromatic heterocycles. The van der Waals surface area contributed by atoms with Crippen molar-refractivity contribution in [1.82, 2.24) is 0 Å². The molecule has 0 aliphatic heterocycles. The fourth-order valence-electron chi connectivity index (χ4n) is 2.65. The van der Waals surface area contributed by atoms with Gasteiger partial charge >= 0.3 is 12.9 Å². The van der Waals surface area contributed by atoms with Crippen molar-refractivity contribution in [3.05, 3.63) is 0 Å². The normalized spacial score (nSPS) is 38.9. The first-order chi connectivity index (χ1) is 5.85. The maximum Gasteiger partial charge on any atom is 0.484 e. The summed E-state index contributed by atoms with van der Waals surface area (Å²) in [5, 5.41) is -1.49. The van der Waals surface area contributed by atoms with E-state index in [-0.39, 0.29) is 70.6 Å². The van der Waals surface area contributed by atoms with E-state index in [1.807, 2.05) is 0 Å². The molecule has 0 N–H and O–H groups in total. The monoisotopic (exact) mass is 232 g/mol. The summed E-state index contributed by atoms with van der Waals surface area (Å²) in [5.74, 6) is -0.477. The van der Waals surface area contributed by atoms with Gasteiger partial charge in [0, 0.05) is 51.4 Å². The van der Waals surface area contributed by atoms with Gasteiger partial charge in [-0.1, -0.05) is 24.6 Å². The first-order valence-corrected chi connectivity index (χ1v) is 4.13. The van der Waals surface area contributed by atoms with Crippen molar-refractivity contribution in [3.63, 3.8) is 0 Å². The van der Waals surface area contributed by atoms with E-state index in [0.717, 1.165) is 0 Å². The average molecular weight is 232 g/mol. The number of hydrogen-bond acceptors (Lipinski definition) is 2. The maximum atomic E-state index is 12.4. The molecule has 3 rings (SSSR count). The predicted octanol–water partition coefficient (Wildman–Crippen LogP) is 1.55. The predicted molar refractivity (Wildman–Crippen MR) is 45.8 cm³/mol. The molecule has 0 saturated heterocycles. The van der Waals surface area contributed by atoms with Crippen molar-refractivity contribution in [2.24, 2.45) is 5.41 Å². The summed E-state index contributed by atoms with van der Waals surface area (Å²) in [6.07, 6.45) is -0.136. The van der Waals surface area contributed by atoms with Crippen LogP contribution in [0, 0.1) is 5.41 Å². The molecule has 75 valence electrons. The van der Waals surface area contributed by atoms with E-state index in [9.17, 15) is 17.7 Å². The van der Waals surface area contributed by atoms with Crippen molar-refractivity contribution >= 4 is 64.3 Å². The topological polar surface area (TPSA) is 26.3 Å². The Morgan fingerprint density at radius 1 is 1.29 bits per heavy atom. The Morgan fingerprint density at radius 2 is 1.71 bits per heavy atom. The van der Waals surface area contributed by atoms with Gasteiger partial charge < -0.3 is 17.7 Å². The fraction of sp³-hybridized carbons (Fsp3) is 0.857. The molecule has 0 aromatic rings. The summed E-state index contributed by atoms with van der Waals surface area (Å²) >= 11 is 0. The van der Waals surface area contributed by atoms with Gasteiger partial charge in [-0.05, 0) is 0 Å². The van der Waals surface area contributed by atoms with E-state index < -0.39 is 23.7 Å². The largest absolute Gasteiger partial charge is 0.484 e. The molecule has 3 aliphatic rings. The van der Waals surface area contributed by atoms with Crippen LogP contribution in [0.15, 0.2) is 0 Å². The number of ether oxygens (including phenoxy) is 1. The van der Waals surface area contributed by atoms with E-state index in [0.29, 0.717) is 0 Å². The van der Waals surface area contributed by atoms with Crippen molar-refractivity contribution in [1.29, 1.82) is 0 Å². The molecule has 3 saturated carbocycles. The van der Waals surface area contributed by atoms with Gasteiger partial charge in [0.15, 0.2) is 0 Å². The summed E-state index contributed by atoms with van der Waals surface area (Å²) in [5.41, 5.74) is -0.772. The van der Waals surface area contributed by atoms with Crippen LogP contribution in [0.25, 0.3) is 0 Å². The Hall–Kier alpha value is 0.961. The van der Waals surface area contributed by atoms with Crippen LogP contribution in [0.2, 0.25) is 5.31 Å². The molecular formula is C7H9BF3KO2-. The van der Waals surface area contributed by atoms with Gasteiger partial charge in [0.25, 0.3) is 0 Å². The second-order valence-corrected chi connectivity index (χ2v) is 4.24. The standard InChI is InChI=1S/C7H9BF3O2.K/c1-13-5(12)6-2-7(3-6,4-6)8(9,10)11;/h2-4H2,1H3;/q-1;. The van der Waals surface area contributed by atoms with Crippen LogP contribution in [0.3, 0.4) is 0 Å². The minimum absolute atomic E-state index is 0. The number of hydrogen-bond donors (Lipinski definition) is 0. The molecule has 0 spiro atoms. The second kappa shape index (κ2) is 3.48. The van der Waals surface area contributed by atoms with Crippen molar-refractivity contribution in [3.8, 4) is 0 Å². The van der Waals surface area contributed by atoms with Crippen LogP contribution >= 0.6 is 0 Å². The Balaban J connectivity index is 0.000000980. The second-order valence-electron chi connectivity index (χ2n) is 4.24. The van der Waals surface area contributed by atoms with Crippen LogP contribution in [0.1, 0.15) is 19.3 Å². The molecular weight excluding hydrogens is 223 g/mol. The molecule has 0 unspecified atom stereocenters. The third-order valence-corrected chi connectivity index (χ3v) is 3.38. The van der Waals surface area contributed by atoms with Crippen LogP contribution in [0.4, 0.5) is 12.9 Å². The van der Waals surface area contributed by atoms with Gasteiger partial charge in [0.1, 0.15) is 0 Å². The number of carbonyl (C=O) groups is 1. The summed E-state index contributed by atoms with van der Waals surface area (Å²) in [6, 6.07) is 0. The van der Waals surface area contributed by atoms with E-state index >= 15 is 0 Å². The number of esters is 1. The third kappa shape index (κ3) is 1.43. The Morgan fingerprint density at radius 3 is 2.00 bits per heavy atom. The molecule has 2 bridgehead atoms. The molecule has 3 aliphatic carbocycles. The average Bonchev–Trinajstić information content (AvgIpc) is 1.77. The summed E-state index contributed by atoms with van der Waals surface area (Å²) in [7, 11) is 1.22. The zero-order chi connectivity index (χ0) is 9.91. The minimum Gasteiger partial charge on any atom is -0.469 e. The zero-order valence-corrected chi connectivity index (χ0v) is 11.3. The number of rotatable bonds is 2. The molecule has 1 radical (unpaired) electrons. The molecule has 0 aromatic carbocycles.